The average molecular weight is 318 g/mol. The number of carbonyl (C=O) groups is 1. The van der Waals surface area contributed by atoms with Crippen molar-refractivity contribution in [3.8, 4) is 0 Å². The van der Waals surface area contributed by atoms with E-state index in [0.29, 0.717) is 6.54 Å². The molecule has 0 aromatic heterocycles. The van der Waals surface area contributed by atoms with E-state index in [9.17, 15) is 19.3 Å². The zero-order valence-electron chi connectivity index (χ0n) is 11.9. The van der Waals surface area contributed by atoms with Gasteiger partial charge in [0.15, 0.2) is 0 Å². The first-order chi connectivity index (χ1) is 9.72. The Hall–Kier alpha value is -1.89. The van der Waals surface area contributed by atoms with Crippen molar-refractivity contribution >= 4 is 28.9 Å². The normalized spacial score (nSPS) is 12.1. The molecule has 0 saturated carbocycles. The van der Waals surface area contributed by atoms with Crippen LogP contribution < -0.4 is 10.6 Å². The number of nitrogens with zero attached hydrogens (tertiary/aromatic N) is 1. The fraction of sp³-hybridized carbons (Fsp3) is 0.462. The van der Waals surface area contributed by atoms with Crippen LogP contribution in [0.5, 0.6) is 0 Å². The molecule has 0 aliphatic rings. The van der Waals surface area contributed by atoms with Crippen LogP contribution in [-0.4, -0.2) is 23.4 Å². The number of hydrogen-bond acceptors (Lipinski definition) is 4. The van der Waals surface area contributed by atoms with Crippen molar-refractivity contribution in [2.75, 3.05) is 11.9 Å². The molecule has 21 heavy (non-hydrogen) atoms. The lowest BCUT2D eigenvalue weighted by molar-refractivity contribution is -0.384. The van der Waals surface area contributed by atoms with Crippen LogP contribution >= 0.6 is 11.6 Å². The molecule has 0 saturated heterocycles. The monoisotopic (exact) mass is 317 g/mol. The highest BCUT2D eigenvalue weighted by Gasteiger charge is 2.21. The van der Waals surface area contributed by atoms with Crippen molar-refractivity contribution in [3.05, 3.63) is 33.1 Å². The zero-order valence-corrected chi connectivity index (χ0v) is 12.7. The maximum absolute atomic E-state index is 13.3. The van der Waals surface area contributed by atoms with Crippen molar-refractivity contribution < 1.29 is 14.1 Å². The third-order valence-corrected chi connectivity index (χ3v) is 2.97. The van der Waals surface area contributed by atoms with Gasteiger partial charge in [0.25, 0.3) is 5.69 Å². The number of anilines is 1. The SMILES string of the molecule is CC(C)CNC(=O)C(C)Nc1cc(Cl)c(F)cc1[N+](=O)[O-]. The van der Waals surface area contributed by atoms with Gasteiger partial charge in [-0.3, -0.25) is 14.9 Å². The molecule has 1 rings (SSSR count). The molecule has 1 aromatic rings. The summed E-state index contributed by atoms with van der Waals surface area (Å²) in [5.74, 6) is -0.903. The van der Waals surface area contributed by atoms with Crippen LogP contribution in [0.15, 0.2) is 12.1 Å². The van der Waals surface area contributed by atoms with E-state index in [-0.39, 0.29) is 22.5 Å². The molecule has 0 radical (unpaired) electrons. The van der Waals surface area contributed by atoms with Gasteiger partial charge in [-0.2, -0.15) is 0 Å². The first kappa shape index (κ1) is 17.2. The topological polar surface area (TPSA) is 84.3 Å². The fourth-order valence-corrected chi connectivity index (χ4v) is 1.72. The van der Waals surface area contributed by atoms with Crippen LogP contribution in [0.25, 0.3) is 0 Å². The highest BCUT2D eigenvalue weighted by Crippen LogP contribution is 2.30. The summed E-state index contributed by atoms with van der Waals surface area (Å²) in [6, 6.07) is 1.11. The summed E-state index contributed by atoms with van der Waals surface area (Å²) in [6.45, 7) is 5.94. The summed E-state index contributed by atoms with van der Waals surface area (Å²) in [4.78, 5) is 22.0. The standard InChI is InChI=1S/C13H17ClFN3O3/c1-7(2)6-16-13(19)8(3)17-11-4-9(14)10(15)5-12(11)18(20)21/h4-5,7-8,17H,6H2,1-3H3,(H,16,19). The van der Waals surface area contributed by atoms with E-state index >= 15 is 0 Å². The number of nitro groups is 1. The molecule has 0 aliphatic heterocycles. The Morgan fingerprint density at radius 1 is 1.43 bits per heavy atom. The summed E-state index contributed by atoms with van der Waals surface area (Å²) in [5, 5.41) is 16.0. The molecule has 1 aromatic carbocycles. The van der Waals surface area contributed by atoms with Gasteiger partial charge in [0.05, 0.1) is 16.0 Å². The predicted molar refractivity (Wildman–Crippen MR) is 79.0 cm³/mol. The molecule has 0 spiro atoms. The maximum Gasteiger partial charge on any atom is 0.295 e. The molecule has 1 amide bonds. The lowest BCUT2D eigenvalue weighted by Gasteiger charge is -2.16. The Balaban J connectivity index is 2.89. The van der Waals surface area contributed by atoms with Crippen molar-refractivity contribution in [2.45, 2.75) is 26.8 Å². The minimum Gasteiger partial charge on any atom is -0.368 e. The Morgan fingerprint density at radius 3 is 2.57 bits per heavy atom. The maximum atomic E-state index is 13.3. The Bertz CT molecular complexity index is 552. The highest BCUT2D eigenvalue weighted by molar-refractivity contribution is 6.31. The van der Waals surface area contributed by atoms with Gasteiger partial charge in [-0.1, -0.05) is 25.4 Å². The molecule has 2 N–H and O–H groups in total. The number of carbonyl (C=O) groups excluding carboxylic acids is 1. The molecule has 1 unspecified atom stereocenters. The first-order valence-electron chi connectivity index (χ1n) is 6.40. The molecular weight excluding hydrogens is 301 g/mol. The van der Waals surface area contributed by atoms with Crippen molar-refractivity contribution in [3.63, 3.8) is 0 Å². The van der Waals surface area contributed by atoms with Gasteiger partial charge in [0.1, 0.15) is 17.5 Å². The van der Waals surface area contributed by atoms with E-state index in [1.807, 2.05) is 13.8 Å². The largest absolute Gasteiger partial charge is 0.368 e. The lowest BCUT2D eigenvalue weighted by atomic mass is 10.2. The van der Waals surface area contributed by atoms with Gasteiger partial charge in [0, 0.05) is 6.54 Å². The summed E-state index contributed by atoms with van der Waals surface area (Å²) >= 11 is 5.62. The molecular formula is C13H17ClFN3O3. The van der Waals surface area contributed by atoms with Crippen LogP contribution in [0.1, 0.15) is 20.8 Å². The average Bonchev–Trinajstić information content (AvgIpc) is 2.39. The zero-order chi connectivity index (χ0) is 16.2. The number of rotatable bonds is 6. The molecule has 0 aliphatic carbocycles. The van der Waals surface area contributed by atoms with E-state index in [0.717, 1.165) is 12.1 Å². The summed E-state index contributed by atoms with van der Waals surface area (Å²) in [6.07, 6.45) is 0. The van der Waals surface area contributed by atoms with Gasteiger partial charge in [-0.25, -0.2) is 4.39 Å². The van der Waals surface area contributed by atoms with Gasteiger partial charge in [-0.15, -0.1) is 0 Å². The lowest BCUT2D eigenvalue weighted by Crippen LogP contribution is -2.39. The minimum absolute atomic E-state index is 0.00130. The van der Waals surface area contributed by atoms with Crippen LogP contribution in [0.4, 0.5) is 15.8 Å². The Labute approximate surface area is 126 Å². The highest BCUT2D eigenvalue weighted by atomic mass is 35.5. The second-order valence-electron chi connectivity index (χ2n) is 5.05. The van der Waals surface area contributed by atoms with E-state index in [1.54, 1.807) is 6.92 Å². The van der Waals surface area contributed by atoms with Crippen LogP contribution in [0, 0.1) is 21.8 Å². The molecule has 0 heterocycles. The smallest absolute Gasteiger partial charge is 0.295 e. The van der Waals surface area contributed by atoms with Crippen molar-refractivity contribution in [1.29, 1.82) is 0 Å². The molecule has 8 heteroatoms. The molecule has 0 fully saturated rings. The second-order valence-corrected chi connectivity index (χ2v) is 5.45. The second kappa shape index (κ2) is 7.21. The van der Waals surface area contributed by atoms with Gasteiger partial charge >= 0.3 is 0 Å². The van der Waals surface area contributed by atoms with Gasteiger partial charge in [0.2, 0.25) is 5.91 Å². The third-order valence-electron chi connectivity index (χ3n) is 2.69. The van der Waals surface area contributed by atoms with Crippen LogP contribution in [0.2, 0.25) is 5.02 Å². The number of halogens is 2. The van der Waals surface area contributed by atoms with Crippen LogP contribution in [-0.2, 0) is 4.79 Å². The molecule has 1 atom stereocenters. The number of nitrogens with one attached hydrogen (secondary N) is 2. The Morgan fingerprint density at radius 2 is 2.05 bits per heavy atom. The van der Waals surface area contributed by atoms with Crippen LogP contribution in [0.3, 0.4) is 0 Å². The van der Waals surface area contributed by atoms with Crippen molar-refractivity contribution in [2.24, 2.45) is 5.92 Å². The van der Waals surface area contributed by atoms with E-state index < -0.39 is 22.5 Å². The number of amides is 1. The molecule has 116 valence electrons. The Kier molecular flexibility index (Phi) is 5.90. The third kappa shape index (κ3) is 4.86. The quantitative estimate of drug-likeness (QED) is 0.624. The van der Waals surface area contributed by atoms with Gasteiger partial charge in [-0.05, 0) is 18.9 Å². The van der Waals surface area contributed by atoms with Crippen molar-refractivity contribution in [1.82, 2.24) is 5.32 Å². The van der Waals surface area contributed by atoms with E-state index in [1.165, 1.54) is 0 Å². The number of nitro benzene ring substituents is 1. The summed E-state index contributed by atoms with van der Waals surface area (Å²) < 4.78 is 13.3. The first-order valence-corrected chi connectivity index (χ1v) is 6.77. The number of hydrogen-bond donors (Lipinski definition) is 2. The predicted octanol–water partition coefficient (Wildman–Crippen LogP) is 2.96. The van der Waals surface area contributed by atoms with Gasteiger partial charge < -0.3 is 10.6 Å². The molecule has 6 nitrogen and oxygen atoms in total. The summed E-state index contributed by atoms with van der Waals surface area (Å²) in [7, 11) is 0. The minimum atomic E-state index is -0.883. The summed E-state index contributed by atoms with van der Waals surface area (Å²) in [5.41, 5.74) is -0.473. The van der Waals surface area contributed by atoms with E-state index in [4.69, 9.17) is 11.6 Å². The molecule has 0 bridgehead atoms. The number of benzene rings is 1. The van der Waals surface area contributed by atoms with E-state index in [2.05, 4.69) is 10.6 Å². The fourth-order valence-electron chi connectivity index (χ4n) is 1.56.